The van der Waals surface area contributed by atoms with Crippen molar-refractivity contribution >= 4 is 65.0 Å². The van der Waals surface area contributed by atoms with Gasteiger partial charge in [-0.05, 0) is 108 Å². The number of hydrogen-bond acceptors (Lipinski definition) is 13. The molecule has 4 N–H and O–H groups in total. The molecule has 1 heterocycles. The van der Waals surface area contributed by atoms with E-state index in [0.717, 1.165) is 9.80 Å². The summed E-state index contributed by atoms with van der Waals surface area (Å²) in [6, 6.07) is -14.0. The average Bonchev–Trinajstić information content (AvgIpc) is 0.929. The molecule has 0 aromatic rings. The van der Waals surface area contributed by atoms with Crippen LogP contribution in [-0.4, -0.2) is 251 Å². The number of likely N-dealkylation sites (N-methyl/N-ethyl adjacent to an activating group) is 8. The molecular formula is C65H117N11O13. The smallest absolute Gasteiger partial charge is 0.248 e. The number of carbonyl (C=O) groups is 11. The first-order valence-electron chi connectivity index (χ1n) is 31.8. The van der Waals surface area contributed by atoms with Gasteiger partial charge in [0, 0.05) is 63.5 Å². The molecule has 1 saturated heterocycles. The molecule has 0 aromatic carbocycles. The summed E-state index contributed by atoms with van der Waals surface area (Å²) < 4.78 is 5.67. The number of ether oxygens (including phenoxy) is 1. The third kappa shape index (κ3) is 21.5. The minimum atomic E-state index is -1.68. The summed E-state index contributed by atoms with van der Waals surface area (Å²) in [7, 11) is 12.7. The lowest BCUT2D eigenvalue weighted by atomic mass is 9.91. The quantitative estimate of drug-likeness (QED) is 0.161. The predicted molar refractivity (Wildman–Crippen MR) is 344 cm³/mol. The summed E-state index contributed by atoms with van der Waals surface area (Å²) in [5.74, 6) is -10.0. The zero-order valence-corrected chi connectivity index (χ0v) is 59.2. The summed E-state index contributed by atoms with van der Waals surface area (Å²) in [6.45, 7) is 31.3. The van der Waals surface area contributed by atoms with Gasteiger partial charge in [-0.1, -0.05) is 102 Å². The predicted octanol–water partition coefficient (Wildman–Crippen LogP) is 3.62. The van der Waals surface area contributed by atoms with Gasteiger partial charge in [0.25, 0.3) is 0 Å². The van der Waals surface area contributed by atoms with Crippen molar-refractivity contribution in [2.75, 3.05) is 63.5 Å². The van der Waals surface area contributed by atoms with Crippen molar-refractivity contribution in [2.24, 2.45) is 41.4 Å². The Labute approximate surface area is 533 Å². The van der Waals surface area contributed by atoms with Crippen LogP contribution in [0, 0.1) is 41.4 Å². The molecule has 0 radical (unpaired) electrons. The van der Waals surface area contributed by atoms with E-state index in [2.05, 4.69) is 16.0 Å². The number of rotatable bonds is 16. The first kappa shape index (κ1) is 80.8. The van der Waals surface area contributed by atoms with E-state index in [1.807, 2.05) is 55.4 Å². The lowest BCUT2D eigenvalue weighted by molar-refractivity contribution is -0.158. The summed E-state index contributed by atoms with van der Waals surface area (Å²) in [6.07, 6.45) is 1.81. The zero-order valence-electron chi connectivity index (χ0n) is 59.2. The van der Waals surface area contributed by atoms with Gasteiger partial charge in [-0.15, -0.1) is 0 Å². The number of allylic oxidation sites excluding steroid dienone is 2. The minimum absolute atomic E-state index is 0.130. The highest BCUT2D eigenvalue weighted by molar-refractivity contribution is 6.00. The maximum absolute atomic E-state index is 15.3. The molecule has 0 aromatic heterocycles. The van der Waals surface area contributed by atoms with E-state index in [4.69, 9.17) is 4.74 Å². The maximum Gasteiger partial charge on any atom is 0.248 e. The van der Waals surface area contributed by atoms with Crippen molar-refractivity contribution < 1.29 is 62.6 Å². The van der Waals surface area contributed by atoms with Gasteiger partial charge in [0.15, 0.2) is 0 Å². The van der Waals surface area contributed by atoms with Gasteiger partial charge in [-0.3, -0.25) is 52.7 Å². The fourth-order valence-corrected chi connectivity index (χ4v) is 11.5. The molecule has 1 aliphatic rings. The van der Waals surface area contributed by atoms with Crippen LogP contribution in [0.25, 0.3) is 0 Å². The van der Waals surface area contributed by atoms with Crippen molar-refractivity contribution in [3.8, 4) is 0 Å². The number of amides is 11. The molecule has 1 aliphatic heterocycles. The number of nitrogens with one attached hydrogen (secondary N) is 3. The number of hydrogen-bond donors (Lipinski definition) is 4. The Morgan fingerprint density at radius 1 is 0.416 bits per heavy atom. The maximum atomic E-state index is 15.3. The second kappa shape index (κ2) is 36.0. The van der Waals surface area contributed by atoms with Gasteiger partial charge in [-0.2, -0.15) is 0 Å². The molecule has 0 spiro atoms. The number of carbonyl (C=O) groups excluding carboxylic acids is 11. The summed E-state index contributed by atoms with van der Waals surface area (Å²) in [4.78, 5) is 173. The van der Waals surface area contributed by atoms with Crippen LogP contribution >= 0.6 is 0 Å². The summed E-state index contributed by atoms with van der Waals surface area (Å²) in [5.41, 5.74) is 0. The van der Waals surface area contributed by atoms with Crippen LogP contribution < -0.4 is 16.0 Å². The van der Waals surface area contributed by atoms with Gasteiger partial charge in [0.2, 0.25) is 65.0 Å². The van der Waals surface area contributed by atoms with E-state index in [9.17, 15) is 33.9 Å². The molecule has 11 amide bonds. The first-order valence-corrected chi connectivity index (χ1v) is 31.8. The SMILES string of the molecule is C/C=C/C[C@@H](C)[C@@H](O)C1C(=O)N[C@@H](C(C)OC)C(=O)N(C)[C@H](C)C(=O)N(C)[C@@H](CC(C)C)C(=O)N(C)[C@@H](C(C)C)C(=O)N(C)[C@@H](CC(C)C)C(=O)N[C@@H](C)C(=O)N[C@H](C)C(=O)N(C)[C@@H](CC(C)C)C(=O)N(C)[C@@H](CC(C)C)C(=O)N(C)[C@@H](C(C)C)C(=O)N1C. The third-order valence-electron chi connectivity index (χ3n) is 17.4. The van der Waals surface area contributed by atoms with Crippen LogP contribution in [0.1, 0.15) is 157 Å². The van der Waals surface area contributed by atoms with Crippen molar-refractivity contribution in [3.63, 3.8) is 0 Å². The normalized spacial score (nSPS) is 27.6. The lowest BCUT2D eigenvalue weighted by Crippen LogP contribution is -2.65. The van der Waals surface area contributed by atoms with Gasteiger partial charge in [-0.25, -0.2) is 0 Å². The van der Waals surface area contributed by atoms with Crippen LogP contribution in [0.15, 0.2) is 12.2 Å². The second-order valence-electron chi connectivity index (χ2n) is 27.3. The Kier molecular flexibility index (Phi) is 32.7. The van der Waals surface area contributed by atoms with Crippen LogP contribution in [0.2, 0.25) is 0 Å². The molecule has 24 nitrogen and oxygen atoms in total. The molecule has 1 fully saturated rings. The third-order valence-corrected chi connectivity index (χ3v) is 17.4. The Bertz CT molecular complexity index is 2450. The number of aliphatic hydroxyl groups excluding tert-OH is 1. The molecule has 2 unspecified atom stereocenters. The van der Waals surface area contributed by atoms with E-state index in [-0.39, 0.29) is 55.8 Å². The van der Waals surface area contributed by atoms with Gasteiger partial charge < -0.3 is 65.0 Å². The first-order chi connectivity index (χ1) is 41.0. The highest BCUT2D eigenvalue weighted by Crippen LogP contribution is 2.27. The Morgan fingerprint density at radius 2 is 0.764 bits per heavy atom. The Balaban J connectivity index is 4.50. The van der Waals surface area contributed by atoms with Gasteiger partial charge in [0.1, 0.15) is 66.5 Å². The molecule has 0 aliphatic carbocycles. The van der Waals surface area contributed by atoms with E-state index in [0.29, 0.717) is 0 Å². The topological polar surface area (TPSA) is 279 Å². The van der Waals surface area contributed by atoms with Crippen molar-refractivity contribution in [3.05, 3.63) is 12.2 Å². The van der Waals surface area contributed by atoms with E-state index in [1.54, 1.807) is 53.7 Å². The van der Waals surface area contributed by atoms with Crippen LogP contribution in [0.3, 0.4) is 0 Å². The molecule has 0 saturated carbocycles. The van der Waals surface area contributed by atoms with E-state index in [1.165, 1.54) is 121 Å². The zero-order chi connectivity index (χ0) is 69.3. The molecule has 89 heavy (non-hydrogen) atoms. The Morgan fingerprint density at radius 3 is 1.16 bits per heavy atom. The molecule has 510 valence electrons. The lowest BCUT2D eigenvalue weighted by Gasteiger charge is -2.42. The van der Waals surface area contributed by atoms with Crippen LogP contribution in [0.4, 0.5) is 0 Å². The minimum Gasteiger partial charge on any atom is -0.390 e. The largest absolute Gasteiger partial charge is 0.390 e. The molecule has 0 bridgehead atoms. The van der Waals surface area contributed by atoms with Crippen molar-refractivity contribution in [1.82, 2.24) is 55.1 Å². The summed E-state index contributed by atoms with van der Waals surface area (Å²) in [5, 5.41) is 20.4. The Hall–Kier alpha value is -6.17. The van der Waals surface area contributed by atoms with Gasteiger partial charge >= 0.3 is 0 Å². The van der Waals surface area contributed by atoms with Crippen molar-refractivity contribution in [2.45, 2.75) is 235 Å². The summed E-state index contributed by atoms with van der Waals surface area (Å²) >= 11 is 0. The molecule has 14 atom stereocenters. The molecule has 24 heteroatoms. The highest BCUT2D eigenvalue weighted by Gasteiger charge is 2.47. The van der Waals surface area contributed by atoms with Crippen LogP contribution in [-0.2, 0) is 57.5 Å². The van der Waals surface area contributed by atoms with Gasteiger partial charge in [0.05, 0.1) is 12.2 Å². The fourth-order valence-electron chi connectivity index (χ4n) is 11.5. The standard InChI is InChI=1S/C65H117N11O13/c1-28-29-30-41(14)54(77)53-57(80)68-50(45(18)89-27)63(86)69(19)44(17)59(82)72(22)48(33-37(6)7)61(84)74(24)51(39(10)11)64(87)70(20)46(31-35(2)3)56(79)66-42(15)55(78)67-43(16)58(81)71(21)47(32-36(4)5)60(83)73(23)49(34-38(8)9)62(85)75(25)52(40(12)13)65(88)76(53)26/h28-29,35-54,77H,30-34H2,1-27H3,(H,66,79)(H,67,78)(H,68,80)/b29-28+/t41-,42+,43-,44-,45?,46+,47+,48+,49+,50+,51+,52+,53?,54-/m1/s1. The van der Waals surface area contributed by atoms with E-state index < -0.39 is 161 Å². The monoisotopic (exact) mass is 1260 g/mol. The van der Waals surface area contributed by atoms with E-state index >= 15 is 24.0 Å². The number of aliphatic hydroxyl groups is 1. The number of methoxy groups -OCH3 is 1. The average molecular weight is 1260 g/mol. The van der Waals surface area contributed by atoms with Crippen LogP contribution in [0.5, 0.6) is 0 Å². The number of nitrogens with zero attached hydrogens (tertiary/aromatic N) is 8. The highest BCUT2D eigenvalue weighted by atomic mass is 16.5. The molecular weight excluding hydrogens is 1140 g/mol. The molecule has 1 rings (SSSR count). The second-order valence-corrected chi connectivity index (χ2v) is 27.3. The van der Waals surface area contributed by atoms with Crippen molar-refractivity contribution in [1.29, 1.82) is 0 Å². The fraction of sp³-hybridized carbons (Fsp3) is 0.800.